The van der Waals surface area contributed by atoms with Crippen LogP contribution < -0.4 is 10.5 Å². The number of aromatic nitrogens is 2. The van der Waals surface area contributed by atoms with E-state index in [0.717, 1.165) is 5.56 Å². The lowest BCUT2D eigenvalue weighted by atomic mass is 10.3. The molecule has 0 radical (unpaired) electrons. The smallest absolute Gasteiger partial charge is 0.292 e. The minimum Gasteiger partial charge on any atom is -0.395 e. The summed E-state index contributed by atoms with van der Waals surface area (Å²) < 4.78 is 1.27. The number of thiophene rings is 1. The molecule has 0 spiro atoms. The molecule has 0 bridgehead atoms. The molecule has 124 valence electrons. The van der Waals surface area contributed by atoms with E-state index in [9.17, 15) is 9.90 Å². The quantitative estimate of drug-likeness (QED) is 0.733. The molecule has 0 amide bonds. The zero-order valence-corrected chi connectivity index (χ0v) is 14.4. The minimum atomic E-state index is -0.381. The molecule has 3 aromatic rings. The molecule has 0 saturated carbocycles. The van der Waals surface area contributed by atoms with Gasteiger partial charge in [0.2, 0.25) is 0 Å². The van der Waals surface area contributed by atoms with Crippen LogP contribution in [0.3, 0.4) is 0 Å². The van der Waals surface area contributed by atoms with Crippen molar-refractivity contribution < 1.29 is 5.11 Å². The SMILES string of the molecule is O=c1c(Cl)c(N(CCO)Cc2ccsc2)cnn1-c1ccccc1. The van der Waals surface area contributed by atoms with E-state index < -0.39 is 0 Å². The Hall–Kier alpha value is -2.15. The molecule has 0 aliphatic rings. The summed E-state index contributed by atoms with van der Waals surface area (Å²) in [7, 11) is 0. The number of anilines is 1. The molecule has 2 heterocycles. The van der Waals surface area contributed by atoms with E-state index in [-0.39, 0.29) is 17.2 Å². The zero-order valence-electron chi connectivity index (χ0n) is 12.8. The highest BCUT2D eigenvalue weighted by molar-refractivity contribution is 7.07. The van der Waals surface area contributed by atoms with Gasteiger partial charge in [0.15, 0.2) is 0 Å². The number of benzene rings is 1. The van der Waals surface area contributed by atoms with E-state index in [0.29, 0.717) is 24.5 Å². The average molecular weight is 362 g/mol. The molecule has 5 nitrogen and oxygen atoms in total. The third-order valence-electron chi connectivity index (χ3n) is 3.57. The summed E-state index contributed by atoms with van der Waals surface area (Å²) in [5, 5.41) is 17.7. The molecule has 0 aliphatic heterocycles. The maximum Gasteiger partial charge on any atom is 0.292 e. The summed E-state index contributed by atoms with van der Waals surface area (Å²) in [4.78, 5) is 14.4. The second-order valence-corrected chi connectivity index (χ2v) is 6.33. The Morgan fingerprint density at radius 1 is 1.25 bits per heavy atom. The number of aliphatic hydroxyl groups is 1. The van der Waals surface area contributed by atoms with Crippen LogP contribution in [0.4, 0.5) is 5.69 Å². The van der Waals surface area contributed by atoms with Gasteiger partial charge in [0, 0.05) is 13.1 Å². The number of halogens is 1. The third kappa shape index (κ3) is 3.51. The monoisotopic (exact) mass is 361 g/mol. The lowest BCUT2D eigenvalue weighted by Crippen LogP contribution is -2.30. The topological polar surface area (TPSA) is 58.4 Å². The van der Waals surface area contributed by atoms with Crippen molar-refractivity contribution in [2.75, 3.05) is 18.1 Å². The average Bonchev–Trinajstić information content (AvgIpc) is 3.11. The number of para-hydroxylation sites is 1. The van der Waals surface area contributed by atoms with E-state index >= 15 is 0 Å². The molecule has 0 aliphatic carbocycles. The number of hydrogen-bond acceptors (Lipinski definition) is 5. The summed E-state index contributed by atoms with van der Waals surface area (Å²) >= 11 is 7.92. The number of rotatable bonds is 6. The molecule has 7 heteroatoms. The van der Waals surface area contributed by atoms with Crippen LogP contribution in [0, 0.1) is 0 Å². The van der Waals surface area contributed by atoms with Crippen LogP contribution in [0.2, 0.25) is 5.02 Å². The molecule has 1 aromatic carbocycles. The van der Waals surface area contributed by atoms with Crippen molar-refractivity contribution in [1.82, 2.24) is 9.78 Å². The van der Waals surface area contributed by atoms with Gasteiger partial charge >= 0.3 is 0 Å². The Kier molecular flexibility index (Phi) is 5.30. The first-order valence-corrected chi connectivity index (χ1v) is 8.73. The van der Waals surface area contributed by atoms with Gasteiger partial charge in [-0.25, -0.2) is 0 Å². The maximum atomic E-state index is 12.6. The fourth-order valence-corrected chi connectivity index (χ4v) is 3.31. The summed E-state index contributed by atoms with van der Waals surface area (Å²) in [5.74, 6) is 0. The van der Waals surface area contributed by atoms with Gasteiger partial charge < -0.3 is 10.0 Å². The van der Waals surface area contributed by atoms with Gasteiger partial charge in [0.05, 0.1) is 24.2 Å². The van der Waals surface area contributed by atoms with E-state index in [1.54, 1.807) is 29.7 Å². The number of hydrogen-bond donors (Lipinski definition) is 1. The highest BCUT2D eigenvalue weighted by atomic mass is 35.5. The summed E-state index contributed by atoms with van der Waals surface area (Å²) in [6.45, 7) is 0.883. The van der Waals surface area contributed by atoms with Crippen LogP contribution in [-0.4, -0.2) is 28.0 Å². The Labute approximate surface area is 148 Å². The fourth-order valence-electron chi connectivity index (χ4n) is 2.41. The van der Waals surface area contributed by atoms with Crippen molar-refractivity contribution in [3.63, 3.8) is 0 Å². The first-order valence-electron chi connectivity index (χ1n) is 7.41. The molecular formula is C17H16ClN3O2S. The lowest BCUT2D eigenvalue weighted by molar-refractivity contribution is 0.301. The second-order valence-electron chi connectivity index (χ2n) is 5.17. The van der Waals surface area contributed by atoms with Crippen LogP contribution in [0.5, 0.6) is 0 Å². The van der Waals surface area contributed by atoms with E-state index in [1.807, 2.05) is 39.9 Å². The molecule has 0 unspecified atom stereocenters. The molecule has 2 aromatic heterocycles. The van der Waals surface area contributed by atoms with Crippen molar-refractivity contribution in [1.29, 1.82) is 0 Å². The Morgan fingerprint density at radius 2 is 2.04 bits per heavy atom. The van der Waals surface area contributed by atoms with Crippen LogP contribution >= 0.6 is 22.9 Å². The first-order chi connectivity index (χ1) is 11.7. The van der Waals surface area contributed by atoms with Crippen LogP contribution in [0.15, 0.2) is 58.1 Å². The second kappa shape index (κ2) is 7.61. The number of nitrogens with zero attached hydrogens (tertiary/aromatic N) is 3. The fraction of sp³-hybridized carbons (Fsp3) is 0.176. The van der Waals surface area contributed by atoms with Gasteiger partial charge in [-0.2, -0.15) is 21.1 Å². The Bertz CT molecular complexity index is 850. The van der Waals surface area contributed by atoms with Crippen LogP contribution in [0.1, 0.15) is 5.56 Å². The highest BCUT2D eigenvalue weighted by Gasteiger charge is 2.16. The molecule has 3 rings (SSSR count). The molecule has 0 atom stereocenters. The Balaban J connectivity index is 1.98. The van der Waals surface area contributed by atoms with Gasteiger partial charge in [-0.05, 0) is 34.5 Å². The van der Waals surface area contributed by atoms with Crippen molar-refractivity contribution in [2.24, 2.45) is 0 Å². The van der Waals surface area contributed by atoms with Crippen molar-refractivity contribution >= 4 is 28.6 Å². The Morgan fingerprint density at radius 3 is 2.71 bits per heavy atom. The van der Waals surface area contributed by atoms with Gasteiger partial charge in [0.25, 0.3) is 5.56 Å². The van der Waals surface area contributed by atoms with Gasteiger partial charge in [-0.3, -0.25) is 4.79 Å². The summed E-state index contributed by atoms with van der Waals surface area (Å²) in [5.41, 5.74) is 1.89. The molecular weight excluding hydrogens is 346 g/mol. The normalized spacial score (nSPS) is 10.8. The standard InChI is InChI=1S/C17H16ClN3O2S/c18-16-15(20(7-8-22)11-13-6-9-24-12-13)10-19-21(17(16)23)14-4-2-1-3-5-14/h1-6,9-10,12,22H,7-8,11H2. The minimum absolute atomic E-state index is 0.0394. The van der Waals surface area contributed by atoms with Crippen molar-refractivity contribution in [3.8, 4) is 5.69 Å². The van der Waals surface area contributed by atoms with Crippen molar-refractivity contribution in [3.05, 3.63) is 74.3 Å². The third-order valence-corrected chi connectivity index (χ3v) is 4.65. The van der Waals surface area contributed by atoms with E-state index in [4.69, 9.17) is 11.6 Å². The van der Waals surface area contributed by atoms with Crippen molar-refractivity contribution in [2.45, 2.75) is 6.54 Å². The summed E-state index contributed by atoms with van der Waals surface area (Å²) in [6.07, 6.45) is 1.57. The molecule has 24 heavy (non-hydrogen) atoms. The first kappa shape index (κ1) is 16.7. The van der Waals surface area contributed by atoms with Crippen LogP contribution in [0.25, 0.3) is 5.69 Å². The maximum absolute atomic E-state index is 12.6. The highest BCUT2D eigenvalue weighted by Crippen LogP contribution is 2.24. The predicted molar refractivity (Wildman–Crippen MR) is 97.3 cm³/mol. The van der Waals surface area contributed by atoms with Gasteiger partial charge in [-0.15, -0.1) is 0 Å². The van der Waals surface area contributed by atoms with Gasteiger partial charge in [0.1, 0.15) is 5.02 Å². The predicted octanol–water partition coefficient (Wildman–Crippen LogP) is 2.95. The summed E-state index contributed by atoms with van der Waals surface area (Å²) in [6, 6.07) is 11.1. The van der Waals surface area contributed by atoms with E-state index in [2.05, 4.69) is 5.10 Å². The van der Waals surface area contributed by atoms with Gasteiger partial charge in [-0.1, -0.05) is 29.8 Å². The zero-order chi connectivity index (χ0) is 16.9. The van der Waals surface area contributed by atoms with E-state index in [1.165, 1.54) is 4.68 Å². The van der Waals surface area contributed by atoms with Crippen LogP contribution in [-0.2, 0) is 6.54 Å². The molecule has 0 fully saturated rings. The lowest BCUT2D eigenvalue weighted by Gasteiger charge is -2.24. The largest absolute Gasteiger partial charge is 0.395 e. The molecule has 0 saturated heterocycles. The number of aliphatic hydroxyl groups excluding tert-OH is 1. The molecule has 1 N–H and O–H groups in total.